The predicted molar refractivity (Wildman–Crippen MR) is 66.9 cm³/mol. The Labute approximate surface area is 107 Å². The summed E-state index contributed by atoms with van der Waals surface area (Å²) in [6, 6.07) is 0.856. The van der Waals surface area contributed by atoms with Crippen LogP contribution in [0.4, 0.5) is 0 Å². The second-order valence-corrected chi connectivity index (χ2v) is 6.19. The summed E-state index contributed by atoms with van der Waals surface area (Å²) in [6.45, 7) is 4.87. The van der Waals surface area contributed by atoms with E-state index in [0.29, 0.717) is 25.2 Å². The van der Waals surface area contributed by atoms with E-state index >= 15 is 0 Å². The van der Waals surface area contributed by atoms with Gasteiger partial charge in [0.1, 0.15) is 5.54 Å². The van der Waals surface area contributed by atoms with Crippen LogP contribution in [0.5, 0.6) is 0 Å². The minimum atomic E-state index is -0.711. The van der Waals surface area contributed by atoms with Gasteiger partial charge in [0.2, 0.25) is 11.8 Å². The number of piperazine rings is 1. The molecule has 0 aliphatic carbocycles. The number of carbonyl (C=O) groups is 2. The van der Waals surface area contributed by atoms with E-state index in [2.05, 4.69) is 10.6 Å². The van der Waals surface area contributed by atoms with Gasteiger partial charge in [-0.1, -0.05) is 0 Å². The predicted octanol–water partition coefficient (Wildman–Crippen LogP) is -0.136. The number of carbonyl (C=O) groups excluding carboxylic acids is 2. The van der Waals surface area contributed by atoms with Gasteiger partial charge in [-0.15, -0.1) is 0 Å². The van der Waals surface area contributed by atoms with Gasteiger partial charge < -0.3 is 15.5 Å². The Hall–Kier alpha value is -1.10. The maximum Gasteiger partial charge on any atom is 0.245 e. The maximum atomic E-state index is 12.7. The summed E-state index contributed by atoms with van der Waals surface area (Å²) in [5, 5.41) is 6.32. The fraction of sp³-hybridized carbons (Fsp3) is 0.846. The number of nitrogens with zero attached hydrogens (tertiary/aromatic N) is 1. The molecule has 5 nitrogen and oxygen atoms in total. The van der Waals surface area contributed by atoms with Crippen LogP contribution in [0.3, 0.4) is 0 Å². The van der Waals surface area contributed by atoms with E-state index in [4.69, 9.17) is 0 Å². The number of hydrogen-bond acceptors (Lipinski definition) is 3. The van der Waals surface area contributed by atoms with Crippen LogP contribution in [0.25, 0.3) is 0 Å². The first kappa shape index (κ1) is 12.0. The average molecular weight is 251 g/mol. The number of fused-ring (bicyclic) bond motifs is 2. The van der Waals surface area contributed by atoms with Crippen LogP contribution in [0.1, 0.15) is 33.1 Å². The van der Waals surface area contributed by atoms with E-state index in [9.17, 15) is 9.59 Å². The quantitative estimate of drug-likeness (QED) is 0.682. The highest BCUT2D eigenvalue weighted by atomic mass is 16.2. The molecule has 0 radical (unpaired) electrons. The largest absolute Gasteiger partial charge is 0.352 e. The third-order valence-electron chi connectivity index (χ3n) is 4.73. The van der Waals surface area contributed by atoms with Gasteiger partial charge in [-0.05, 0) is 33.1 Å². The molecule has 18 heavy (non-hydrogen) atoms. The Morgan fingerprint density at radius 1 is 1.39 bits per heavy atom. The number of rotatable bonds is 1. The highest BCUT2D eigenvalue weighted by Gasteiger charge is 2.48. The minimum Gasteiger partial charge on any atom is -0.352 e. The highest BCUT2D eigenvalue weighted by molar-refractivity contribution is 5.92. The number of amides is 2. The van der Waals surface area contributed by atoms with E-state index in [-0.39, 0.29) is 17.7 Å². The van der Waals surface area contributed by atoms with Gasteiger partial charge in [0.25, 0.3) is 0 Å². The smallest absolute Gasteiger partial charge is 0.245 e. The molecule has 3 aliphatic heterocycles. The zero-order valence-corrected chi connectivity index (χ0v) is 11.0. The topological polar surface area (TPSA) is 61.4 Å². The summed E-state index contributed by atoms with van der Waals surface area (Å²) in [6.07, 6.45) is 3.23. The third kappa shape index (κ3) is 1.64. The Morgan fingerprint density at radius 2 is 2.17 bits per heavy atom. The zero-order valence-electron chi connectivity index (χ0n) is 11.0. The van der Waals surface area contributed by atoms with E-state index in [0.717, 1.165) is 12.8 Å². The lowest BCUT2D eigenvalue weighted by atomic mass is 9.86. The lowest BCUT2D eigenvalue weighted by Crippen LogP contribution is -2.64. The SMILES string of the molecule is CC1(C)C(=O)NCCN1C(=O)C1CC2CCC1N2. The fourth-order valence-corrected chi connectivity index (χ4v) is 3.58. The molecule has 3 aliphatic rings. The van der Waals surface area contributed by atoms with Crippen LogP contribution < -0.4 is 10.6 Å². The van der Waals surface area contributed by atoms with Gasteiger partial charge in [0, 0.05) is 25.2 Å². The zero-order chi connectivity index (χ0) is 12.9. The standard InChI is InChI=1S/C13H21N3O2/c1-13(2)12(18)14-5-6-16(13)11(17)9-7-8-3-4-10(9)15-8/h8-10,15H,3-7H2,1-2H3,(H,14,18). The van der Waals surface area contributed by atoms with Crippen molar-refractivity contribution in [2.75, 3.05) is 13.1 Å². The van der Waals surface area contributed by atoms with Crippen molar-refractivity contribution in [1.82, 2.24) is 15.5 Å². The molecule has 100 valence electrons. The molecule has 3 heterocycles. The van der Waals surface area contributed by atoms with Crippen molar-refractivity contribution in [1.29, 1.82) is 0 Å². The molecule has 5 heteroatoms. The van der Waals surface area contributed by atoms with Crippen LogP contribution in [0.15, 0.2) is 0 Å². The van der Waals surface area contributed by atoms with Crippen molar-refractivity contribution < 1.29 is 9.59 Å². The molecule has 3 rings (SSSR count). The summed E-state index contributed by atoms with van der Waals surface area (Å²) < 4.78 is 0. The first-order valence-corrected chi connectivity index (χ1v) is 6.86. The molecule has 0 aromatic carbocycles. The molecule has 0 saturated carbocycles. The summed E-state index contributed by atoms with van der Waals surface area (Å²) in [7, 11) is 0. The molecular formula is C13H21N3O2. The molecule has 0 aromatic heterocycles. The van der Waals surface area contributed by atoms with Gasteiger partial charge in [-0.2, -0.15) is 0 Å². The molecule has 2 N–H and O–H groups in total. The summed E-state index contributed by atoms with van der Waals surface area (Å²) >= 11 is 0. The van der Waals surface area contributed by atoms with Crippen LogP contribution in [-0.2, 0) is 9.59 Å². The number of hydrogen-bond donors (Lipinski definition) is 2. The molecule has 3 fully saturated rings. The number of nitrogens with one attached hydrogen (secondary N) is 2. The van der Waals surface area contributed by atoms with Crippen molar-refractivity contribution in [3.63, 3.8) is 0 Å². The van der Waals surface area contributed by atoms with Crippen LogP contribution in [-0.4, -0.2) is 47.4 Å². The Bertz CT molecular complexity index is 394. The molecule has 3 unspecified atom stereocenters. The lowest BCUT2D eigenvalue weighted by molar-refractivity contribution is -0.152. The monoisotopic (exact) mass is 251 g/mol. The van der Waals surface area contributed by atoms with Crippen LogP contribution in [0, 0.1) is 5.92 Å². The van der Waals surface area contributed by atoms with Crippen molar-refractivity contribution in [3.8, 4) is 0 Å². The molecule has 0 spiro atoms. The summed E-state index contributed by atoms with van der Waals surface area (Å²) in [5.41, 5.74) is -0.711. The fourth-order valence-electron chi connectivity index (χ4n) is 3.58. The normalized spacial score (nSPS) is 37.8. The van der Waals surface area contributed by atoms with Gasteiger partial charge >= 0.3 is 0 Å². The molecule has 3 atom stereocenters. The molecule has 3 saturated heterocycles. The third-order valence-corrected chi connectivity index (χ3v) is 4.73. The van der Waals surface area contributed by atoms with Crippen molar-refractivity contribution in [2.45, 2.75) is 50.7 Å². The van der Waals surface area contributed by atoms with Crippen LogP contribution in [0.2, 0.25) is 0 Å². The lowest BCUT2D eigenvalue weighted by Gasteiger charge is -2.43. The molecule has 0 aromatic rings. The van der Waals surface area contributed by atoms with Crippen LogP contribution >= 0.6 is 0 Å². The average Bonchev–Trinajstić information content (AvgIpc) is 2.93. The molecular weight excluding hydrogens is 230 g/mol. The summed E-state index contributed by atoms with van der Waals surface area (Å²) in [5.74, 6) is 0.196. The Kier molecular flexibility index (Phi) is 2.62. The van der Waals surface area contributed by atoms with Crippen molar-refractivity contribution in [3.05, 3.63) is 0 Å². The van der Waals surface area contributed by atoms with Crippen molar-refractivity contribution >= 4 is 11.8 Å². The van der Waals surface area contributed by atoms with Gasteiger partial charge in [-0.3, -0.25) is 9.59 Å². The van der Waals surface area contributed by atoms with Gasteiger partial charge in [-0.25, -0.2) is 0 Å². The second kappa shape index (κ2) is 3.95. The first-order chi connectivity index (χ1) is 8.50. The van der Waals surface area contributed by atoms with E-state index in [1.807, 2.05) is 13.8 Å². The van der Waals surface area contributed by atoms with E-state index in [1.54, 1.807) is 4.90 Å². The van der Waals surface area contributed by atoms with Gasteiger partial charge in [0.15, 0.2) is 0 Å². The highest BCUT2D eigenvalue weighted by Crippen LogP contribution is 2.35. The van der Waals surface area contributed by atoms with Gasteiger partial charge in [0.05, 0.1) is 5.92 Å². The molecule has 2 amide bonds. The van der Waals surface area contributed by atoms with E-state index in [1.165, 1.54) is 6.42 Å². The summed E-state index contributed by atoms with van der Waals surface area (Å²) in [4.78, 5) is 26.3. The van der Waals surface area contributed by atoms with E-state index < -0.39 is 5.54 Å². The first-order valence-electron chi connectivity index (χ1n) is 6.86. The van der Waals surface area contributed by atoms with Crippen molar-refractivity contribution in [2.24, 2.45) is 5.92 Å². The Balaban J connectivity index is 1.77. The minimum absolute atomic E-state index is 0.0433. The second-order valence-electron chi connectivity index (χ2n) is 6.19. The maximum absolute atomic E-state index is 12.7. The molecule has 2 bridgehead atoms. The Morgan fingerprint density at radius 3 is 2.78 bits per heavy atom.